The molecule has 586 valence electrons. The van der Waals surface area contributed by atoms with Gasteiger partial charge in [-0.3, -0.25) is 71.7 Å². The molecule has 0 aromatic carbocycles. The van der Waals surface area contributed by atoms with E-state index in [2.05, 4.69) is 158 Å². The van der Waals surface area contributed by atoms with E-state index in [1.54, 1.807) is 0 Å². The molecule has 6 aliphatic heterocycles. The van der Waals surface area contributed by atoms with E-state index in [-0.39, 0.29) is 57.3 Å². The highest BCUT2D eigenvalue weighted by Crippen LogP contribution is 2.53. The topological polar surface area (TPSA) is 462 Å². The van der Waals surface area contributed by atoms with Crippen LogP contribution in [-0.2, 0) is 41.7 Å². The van der Waals surface area contributed by atoms with Gasteiger partial charge in [0.05, 0.1) is 36.8 Å². The fourth-order valence-corrected chi connectivity index (χ4v) is 16.9. The normalized spacial score (nSPS) is 30.3. The van der Waals surface area contributed by atoms with Crippen LogP contribution in [0.25, 0.3) is 0 Å². The number of ether oxygens (including phenoxy) is 6. The Morgan fingerprint density at radius 3 is 1.10 bits per heavy atom. The van der Waals surface area contributed by atoms with E-state index in [9.17, 15) is 68.4 Å². The number of nitrogens with zero attached hydrogens (tertiary/aromatic N) is 5. The summed E-state index contributed by atoms with van der Waals surface area (Å²) in [5.74, 6) is 0.0489. The molecular weight excluding hydrogens is 1650 g/mol. The van der Waals surface area contributed by atoms with E-state index in [1.165, 1.54) is 56.7 Å². The summed E-state index contributed by atoms with van der Waals surface area (Å²) in [6, 6.07) is 6.21. The first-order valence-corrected chi connectivity index (χ1v) is 45.9. The number of aliphatic hydroxyl groups excluding tert-OH is 5. The minimum absolute atomic E-state index is 0.00421. The highest BCUT2D eigenvalue weighted by Gasteiger charge is 2.65. The Kier molecular flexibility index (Phi) is 27.9. The van der Waals surface area contributed by atoms with Crippen molar-refractivity contribution >= 4 is 70.1 Å². The van der Waals surface area contributed by atoms with Gasteiger partial charge in [-0.1, -0.05) is 135 Å². The molecule has 34 nitrogen and oxygen atoms in total. The summed E-state index contributed by atoms with van der Waals surface area (Å²) in [4.78, 5) is 126. The third-order valence-corrected chi connectivity index (χ3v) is 36.1. The molecule has 5 aromatic rings. The Balaban J connectivity index is 0.000000185. The van der Waals surface area contributed by atoms with Crippen LogP contribution in [0.1, 0.15) is 114 Å². The van der Waals surface area contributed by atoms with Crippen molar-refractivity contribution in [2.45, 2.75) is 235 Å². The van der Waals surface area contributed by atoms with Gasteiger partial charge in [-0.15, -0.1) is 0 Å². The van der Waals surface area contributed by atoms with E-state index in [0.717, 1.165) is 31.9 Å². The molecule has 3 unspecified atom stereocenters. The Morgan fingerprint density at radius 2 is 0.781 bits per heavy atom. The maximum Gasteiger partial charge on any atom is 0.331 e. The lowest BCUT2D eigenvalue weighted by Gasteiger charge is -2.40. The monoisotopic (exact) mass is 1760 g/mol. The summed E-state index contributed by atoms with van der Waals surface area (Å²) in [5.41, 5.74) is -5.26. The number of aromatic amines is 5. The number of halogens is 2. The van der Waals surface area contributed by atoms with Crippen LogP contribution < -0.4 is 56.2 Å². The molecule has 0 amide bonds. The van der Waals surface area contributed by atoms with Crippen LogP contribution in [0.5, 0.6) is 0 Å². The van der Waals surface area contributed by atoms with Gasteiger partial charge >= 0.3 is 28.4 Å². The van der Waals surface area contributed by atoms with Crippen molar-refractivity contribution in [1.82, 2.24) is 47.8 Å². The summed E-state index contributed by atoms with van der Waals surface area (Å²) in [6.45, 7) is 42.7. The van der Waals surface area contributed by atoms with Gasteiger partial charge in [0.2, 0.25) is 6.23 Å². The molecule has 6 aliphatic rings. The van der Waals surface area contributed by atoms with E-state index in [1.807, 2.05) is 41.4 Å². The molecule has 0 saturated carbocycles. The third kappa shape index (κ3) is 19.8. The minimum Gasteiger partial charge on any atom is -0.472 e. The first-order chi connectivity index (χ1) is 48.5. The molecule has 1 spiro atoms. The molecular formula is C66H102I2N10O24Si3. The number of aromatic nitrogens is 10. The smallest absolute Gasteiger partial charge is 0.331 e. The molecule has 19 atom stereocenters. The van der Waals surface area contributed by atoms with Crippen LogP contribution in [0.15, 0.2) is 122 Å². The second-order valence-electron chi connectivity index (χ2n) is 31.3. The second-order valence-corrected chi connectivity index (χ2v) is 47.3. The molecule has 0 aliphatic carbocycles. The van der Waals surface area contributed by atoms with Gasteiger partial charge in [0, 0.05) is 87.9 Å². The van der Waals surface area contributed by atoms with Gasteiger partial charge in [0.25, 0.3) is 27.8 Å². The van der Waals surface area contributed by atoms with Gasteiger partial charge in [-0.25, -0.2) is 24.0 Å². The van der Waals surface area contributed by atoms with E-state index in [4.69, 9.17) is 46.8 Å². The maximum atomic E-state index is 12.2. The fourth-order valence-electron chi connectivity index (χ4n) is 11.1. The molecule has 11 heterocycles. The predicted octanol–water partition coefficient (Wildman–Crippen LogP) is 3.06. The van der Waals surface area contributed by atoms with Crippen molar-refractivity contribution in [2.75, 3.05) is 22.1 Å². The zero-order valence-electron chi connectivity index (χ0n) is 62.2. The third-order valence-electron chi connectivity index (χ3n) is 21.0. The lowest BCUT2D eigenvalue weighted by molar-refractivity contribution is -0.0894. The van der Waals surface area contributed by atoms with Gasteiger partial charge < -0.3 is 67.2 Å². The Labute approximate surface area is 634 Å². The predicted molar refractivity (Wildman–Crippen MR) is 409 cm³/mol. The molecule has 0 radical (unpaired) electrons. The molecule has 6 fully saturated rings. The molecule has 0 bridgehead atoms. The lowest BCUT2D eigenvalue weighted by atomic mass is 10.0. The summed E-state index contributed by atoms with van der Waals surface area (Å²) < 4.78 is 61.3. The Morgan fingerprint density at radius 1 is 0.476 bits per heavy atom. The standard InChI is InChI=1S/C16H27IN2O4Si.C16H26N2O5Si.C16H26N2O4Si.C9H11IN2O5.C9H12N2O6/c1-10-11(9-17)22-14(19-8-7-12(20)18-15(19)21)13(10)23-24(5,6)16(2,3)4;1-10-12(23-24(5,6)15(2,3)4)13(22-16(10)9-21-16)18-8-7-11(19)17-14(18)20;1-10-11(2)21-14(18-9-8-12(19)17-15(18)20)13(10)22-23(6,7)16(3,4)5;10-3-4-6(14)7(15)8(17-4)12-2-1-5(13)11-9(12)16;12-3-4-6(14)7(15)8(17-4)11-2-1-5(13)10-9(11)16/h7-8,10-11,13-14H,9H2,1-6H3,(H,18,20,21);7-8,10,12-13H,9H2,1-6H3,(H,17,19,20);8-10,13-14H,2H2,1,3-7H3,(H,17,19,20);1-2,4,6-8,14-15H,3H2,(H,11,13,16);1-2,4,6-8,12,14-15H,3H2,(H,10,13,16)/t10-,11-,13?,14-;10-,12?,13+,16-;10-,13?,14-;2*4-,6-,7-,8-/m10111/s1. The summed E-state index contributed by atoms with van der Waals surface area (Å²) in [7, 11) is -6.15. The number of aliphatic hydroxyl groups is 5. The van der Waals surface area contributed by atoms with Crippen LogP contribution in [0, 0.1) is 17.8 Å². The number of H-pyrrole nitrogens is 5. The lowest BCUT2D eigenvalue weighted by Crippen LogP contribution is -2.48. The molecule has 105 heavy (non-hydrogen) atoms. The van der Waals surface area contributed by atoms with Crippen LogP contribution >= 0.6 is 45.2 Å². The average molecular weight is 1760 g/mol. The largest absolute Gasteiger partial charge is 0.472 e. The molecule has 5 aromatic heterocycles. The summed E-state index contributed by atoms with van der Waals surface area (Å²) >= 11 is 4.31. The van der Waals surface area contributed by atoms with Gasteiger partial charge in [0.1, 0.15) is 43.2 Å². The van der Waals surface area contributed by atoms with E-state index < -0.39 is 161 Å². The second kappa shape index (κ2) is 33.8. The number of rotatable bonds is 14. The van der Waals surface area contributed by atoms with Crippen LogP contribution in [0.2, 0.25) is 54.4 Å². The van der Waals surface area contributed by atoms with E-state index >= 15 is 0 Å². The SMILES string of the molecule is C=C1O[C@@H](n2ccc(=O)[nH]c2=O)C(O[Si](C)(C)C(C)(C)C)[C@@H]1C.C[C@H]1C(O[Si](C)(C)C(C)(C)C)[C@H](n2ccc(=O)[nH]c2=O)O[C@@H]1CI.C[C@H]1C(O[Si](C)(C)C(C)(C)C)[C@H](n2ccc(=O)[nH]c2=O)O[C@@]12CO2.O=c1ccn([C@@H]2O[C@H](CI)[C@@H](O)[C@H]2O)c(=O)[nH]1.O=c1ccn([C@@H]2O[C@H](CO)[C@@H](O)[C@H]2O)c(=O)[nH]1. The Hall–Kier alpha value is -5.47. The molecule has 10 N–H and O–H groups in total. The summed E-state index contributed by atoms with van der Waals surface area (Å²) in [5, 5.41) is 47.7. The van der Waals surface area contributed by atoms with Gasteiger partial charge in [-0.2, -0.15) is 0 Å². The van der Waals surface area contributed by atoms with Crippen molar-refractivity contribution in [3.05, 3.63) is 178 Å². The van der Waals surface area contributed by atoms with Crippen molar-refractivity contribution in [3.63, 3.8) is 0 Å². The zero-order valence-corrected chi connectivity index (χ0v) is 69.5. The first-order valence-electron chi connectivity index (χ1n) is 34.2. The van der Waals surface area contributed by atoms with Crippen LogP contribution in [0.3, 0.4) is 0 Å². The van der Waals surface area contributed by atoms with Crippen molar-refractivity contribution in [2.24, 2.45) is 17.8 Å². The number of hydrogen-bond acceptors (Lipinski definition) is 24. The number of alkyl halides is 2. The summed E-state index contributed by atoms with van der Waals surface area (Å²) in [6.07, 6.45) is -4.26. The zero-order chi connectivity index (χ0) is 78.9. The number of nitrogens with one attached hydrogen (secondary N) is 5. The average Bonchev–Trinajstić information content (AvgIpc) is 1.56. The highest BCUT2D eigenvalue weighted by atomic mass is 127. The Bertz CT molecular complexity index is 4370. The number of epoxide rings is 1. The van der Waals surface area contributed by atoms with Crippen LogP contribution in [0.4, 0.5) is 0 Å². The maximum absolute atomic E-state index is 12.2. The fraction of sp³-hybridized carbons (Fsp3) is 0.667. The number of hydrogen-bond donors (Lipinski definition) is 10. The van der Waals surface area contributed by atoms with Crippen molar-refractivity contribution in [3.8, 4) is 0 Å². The van der Waals surface area contributed by atoms with Crippen molar-refractivity contribution < 1.29 is 67.2 Å². The van der Waals surface area contributed by atoms with Crippen molar-refractivity contribution in [1.29, 1.82) is 0 Å². The molecule has 11 rings (SSSR count). The van der Waals surface area contributed by atoms with E-state index in [0.29, 0.717) is 16.8 Å². The first kappa shape index (κ1) is 86.8. The quantitative estimate of drug-likeness (QED) is 0.0330. The minimum atomic E-state index is -2.07. The highest BCUT2D eigenvalue weighted by molar-refractivity contribution is 14.1. The van der Waals surface area contributed by atoms with Gasteiger partial charge in [0.15, 0.2) is 55.7 Å². The molecule has 39 heteroatoms. The van der Waals surface area contributed by atoms with Crippen LogP contribution in [-0.4, -0.2) is 187 Å². The van der Waals surface area contributed by atoms with Gasteiger partial charge in [-0.05, 0) is 54.4 Å². The molecule has 6 saturated heterocycles.